The molecule has 0 atom stereocenters. The smallest absolute Gasteiger partial charge is 0.145 e. The molecule has 2 aliphatic heterocycles. The summed E-state index contributed by atoms with van der Waals surface area (Å²) in [7, 11) is 0. The van der Waals surface area contributed by atoms with Gasteiger partial charge in [-0.15, -0.1) is 0 Å². The van der Waals surface area contributed by atoms with Crippen LogP contribution in [0.4, 0.5) is 0 Å². The minimum atomic E-state index is 0.182. The van der Waals surface area contributed by atoms with E-state index in [1.807, 2.05) is 18.2 Å². The van der Waals surface area contributed by atoms with Crippen molar-refractivity contribution in [3.63, 3.8) is 0 Å². The third kappa shape index (κ3) is 4.17. The van der Waals surface area contributed by atoms with Gasteiger partial charge in [0.2, 0.25) is 0 Å². The molecule has 0 radical (unpaired) electrons. The Bertz CT molecular complexity index is 1290. The summed E-state index contributed by atoms with van der Waals surface area (Å²) in [5.41, 5.74) is 0. The van der Waals surface area contributed by atoms with E-state index in [1.165, 1.54) is 23.5 Å². The Morgan fingerprint density at radius 1 is 0.500 bits per heavy atom. The lowest BCUT2D eigenvalue weighted by Crippen LogP contribution is -1.94. The lowest BCUT2D eigenvalue weighted by molar-refractivity contribution is 0.432. The molecule has 32 heavy (non-hydrogen) atoms. The van der Waals surface area contributed by atoms with Crippen molar-refractivity contribution >= 4 is 35.3 Å². The van der Waals surface area contributed by atoms with E-state index in [9.17, 15) is 20.4 Å². The second-order valence-corrected chi connectivity index (χ2v) is 10.1. The lowest BCUT2D eigenvalue weighted by atomic mass is 10.3. The van der Waals surface area contributed by atoms with Gasteiger partial charge in [-0.05, 0) is 60.7 Å². The molecular formula is C24H16O5S3. The van der Waals surface area contributed by atoms with Crippen LogP contribution in [0.3, 0.4) is 0 Å². The second kappa shape index (κ2) is 8.46. The molecule has 2 aliphatic rings. The number of benzene rings is 4. The maximum Gasteiger partial charge on any atom is 0.145 e. The van der Waals surface area contributed by atoms with Crippen LogP contribution in [0.2, 0.25) is 0 Å². The third-order valence-electron chi connectivity index (χ3n) is 4.61. The molecule has 4 N–H and O–H groups in total. The zero-order chi connectivity index (χ0) is 22.2. The van der Waals surface area contributed by atoms with Crippen LogP contribution in [0.1, 0.15) is 0 Å². The van der Waals surface area contributed by atoms with E-state index in [1.54, 1.807) is 66.4 Å². The molecule has 0 saturated heterocycles. The maximum atomic E-state index is 9.75. The molecule has 160 valence electrons. The van der Waals surface area contributed by atoms with Crippen LogP contribution in [0.15, 0.2) is 102 Å². The van der Waals surface area contributed by atoms with E-state index in [0.717, 1.165) is 29.4 Å². The number of phenolic OH excluding ortho intramolecular Hbond substituents is 4. The van der Waals surface area contributed by atoms with Crippen LogP contribution >= 0.6 is 35.3 Å². The first-order chi connectivity index (χ1) is 15.5. The minimum absolute atomic E-state index is 0.182. The van der Waals surface area contributed by atoms with Crippen molar-refractivity contribution in [2.45, 2.75) is 29.4 Å². The largest absolute Gasteiger partial charge is 0.508 e. The summed E-state index contributed by atoms with van der Waals surface area (Å²) in [6, 6.07) is 20.7. The van der Waals surface area contributed by atoms with Crippen molar-refractivity contribution in [2.24, 2.45) is 0 Å². The zero-order valence-corrected chi connectivity index (χ0v) is 18.8. The van der Waals surface area contributed by atoms with E-state index in [2.05, 4.69) is 0 Å². The molecule has 4 aromatic carbocycles. The first kappa shape index (κ1) is 20.8. The molecule has 0 saturated carbocycles. The maximum absolute atomic E-state index is 9.75. The van der Waals surface area contributed by atoms with E-state index in [4.69, 9.17) is 4.74 Å². The van der Waals surface area contributed by atoms with E-state index in [-0.39, 0.29) is 17.2 Å². The van der Waals surface area contributed by atoms with E-state index < -0.39 is 0 Å². The summed E-state index contributed by atoms with van der Waals surface area (Å²) in [4.78, 5) is 5.82. The molecule has 4 aromatic rings. The SMILES string of the molecule is Oc1ccc2c(c1)Oc1ccc(O)cc1S2.Oc1ccc2c(c1)Sc1cccc(O)c1S2. The molecule has 2 heterocycles. The molecule has 0 fully saturated rings. The predicted molar refractivity (Wildman–Crippen MR) is 125 cm³/mol. The van der Waals surface area contributed by atoms with Crippen LogP contribution in [0.5, 0.6) is 34.5 Å². The monoisotopic (exact) mass is 480 g/mol. The summed E-state index contributed by atoms with van der Waals surface area (Å²) >= 11 is 4.62. The molecule has 8 heteroatoms. The number of phenols is 4. The summed E-state index contributed by atoms with van der Waals surface area (Å²) in [5, 5.41) is 37.9. The van der Waals surface area contributed by atoms with Gasteiger partial charge < -0.3 is 25.2 Å². The highest BCUT2D eigenvalue weighted by Crippen LogP contribution is 2.52. The van der Waals surface area contributed by atoms with Crippen molar-refractivity contribution in [1.29, 1.82) is 0 Å². The van der Waals surface area contributed by atoms with Crippen molar-refractivity contribution in [3.05, 3.63) is 72.8 Å². The Kier molecular flexibility index (Phi) is 5.50. The van der Waals surface area contributed by atoms with Gasteiger partial charge >= 0.3 is 0 Å². The summed E-state index contributed by atoms with van der Waals surface area (Å²) in [5.74, 6) is 2.33. The summed E-state index contributed by atoms with van der Waals surface area (Å²) < 4.78 is 5.62. The van der Waals surface area contributed by atoms with Gasteiger partial charge in [0.15, 0.2) is 0 Å². The normalized spacial score (nSPS) is 12.8. The van der Waals surface area contributed by atoms with Gasteiger partial charge in [0, 0.05) is 20.8 Å². The summed E-state index contributed by atoms with van der Waals surface area (Å²) in [6.07, 6.45) is 0. The van der Waals surface area contributed by atoms with Gasteiger partial charge in [-0.25, -0.2) is 0 Å². The highest BCUT2D eigenvalue weighted by atomic mass is 32.2. The predicted octanol–water partition coefficient (Wildman–Crippen LogP) is 7.07. The average Bonchev–Trinajstić information content (AvgIpc) is 2.77. The molecule has 0 bridgehead atoms. The number of aromatic hydroxyl groups is 4. The van der Waals surface area contributed by atoms with Crippen molar-refractivity contribution in [2.75, 3.05) is 0 Å². The number of hydrogen-bond donors (Lipinski definition) is 4. The quantitative estimate of drug-likeness (QED) is 0.184. The van der Waals surface area contributed by atoms with Gasteiger partial charge in [0.25, 0.3) is 0 Å². The highest BCUT2D eigenvalue weighted by Gasteiger charge is 2.20. The van der Waals surface area contributed by atoms with Gasteiger partial charge in [0.1, 0.15) is 34.5 Å². The van der Waals surface area contributed by atoms with Crippen molar-refractivity contribution in [3.8, 4) is 34.5 Å². The number of fused-ring (bicyclic) bond motifs is 4. The molecule has 5 nitrogen and oxygen atoms in total. The Morgan fingerprint density at radius 3 is 1.97 bits per heavy atom. The Labute approximate surface area is 196 Å². The highest BCUT2D eigenvalue weighted by molar-refractivity contribution is 8.05. The molecule has 0 unspecified atom stereocenters. The van der Waals surface area contributed by atoms with E-state index in [0.29, 0.717) is 17.2 Å². The average molecular weight is 481 g/mol. The van der Waals surface area contributed by atoms with Gasteiger partial charge in [-0.1, -0.05) is 41.4 Å². The van der Waals surface area contributed by atoms with Crippen LogP contribution in [-0.4, -0.2) is 20.4 Å². The second-order valence-electron chi connectivity index (χ2n) is 6.91. The Morgan fingerprint density at radius 2 is 1.16 bits per heavy atom. The van der Waals surface area contributed by atoms with Crippen LogP contribution in [0.25, 0.3) is 0 Å². The van der Waals surface area contributed by atoms with Gasteiger partial charge in [0.05, 0.1) is 14.7 Å². The van der Waals surface area contributed by atoms with Gasteiger partial charge in [-0.2, -0.15) is 0 Å². The first-order valence-electron chi connectivity index (χ1n) is 9.49. The first-order valence-corrected chi connectivity index (χ1v) is 11.9. The fourth-order valence-corrected chi connectivity index (χ4v) is 6.39. The number of hydrogen-bond acceptors (Lipinski definition) is 8. The fraction of sp³-hybridized carbons (Fsp3) is 0. The zero-order valence-electron chi connectivity index (χ0n) is 16.4. The molecular weight excluding hydrogens is 464 g/mol. The van der Waals surface area contributed by atoms with Crippen molar-refractivity contribution < 1.29 is 25.2 Å². The van der Waals surface area contributed by atoms with Gasteiger partial charge in [-0.3, -0.25) is 0 Å². The lowest BCUT2D eigenvalue weighted by Gasteiger charge is -2.19. The molecule has 0 aliphatic carbocycles. The Hall–Kier alpha value is -3.07. The molecule has 0 amide bonds. The fourth-order valence-electron chi connectivity index (χ4n) is 3.14. The standard InChI is InChI=1S/C12H8O3S.C12H8O2S2/c13-7-2-4-11-10(5-7)15-9-3-1-8(14)6-12(9)16-11;13-7-4-5-9-11(6-7)15-10-3-1-2-8(14)12(10)16-9/h2*1-6,13-14H. The number of rotatable bonds is 0. The molecule has 0 aromatic heterocycles. The van der Waals surface area contributed by atoms with E-state index >= 15 is 0 Å². The molecule has 0 spiro atoms. The van der Waals surface area contributed by atoms with Crippen LogP contribution in [0, 0.1) is 0 Å². The van der Waals surface area contributed by atoms with Crippen LogP contribution in [-0.2, 0) is 0 Å². The van der Waals surface area contributed by atoms with Crippen molar-refractivity contribution in [1.82, 2.24) is 0 Å². The minimum Gasteiger partial charge on any atom is -0.508 e. The van der Waals surface area contributed by atoms with Crippen LogP contribution < -0.4 is 4.74 Å². The molecule has 6 rings (SSSR count). The topological polar surface area (TPSA) is 90.2 Å². The Balaban J connectivity index is 0.000000135. The summed E-state index contributed by atoms with van der Waals surface area (Å²) in [6.45, 7) is 0. The third-order valence-corrected chi connectivity index (χ3v) is 8.29. The number of ether oxygens (including phenoxy) is 1.